The van der Waals surface area contributed by atoms with Crippen molar-refractivity contribution in [2.45, 2.75) is 43.4 Å². The number of aromatic nitrogens is 2. The molecule has 0 radical (unpaired) electrons. The lowest BCUT2D eigenvalue weighted by molar-refractivity contribution is -0.135. The van der Waals surface area contributed by atoms with Gasteiger partial charge in [0.1, 0.15) is 11.4 Å². The van der Waals surface area contributed by atoms with Crippen molar-refractivity contribution >= 4 is 11.7 Å². The standard InChI is InChI=1S/C26H35N5O4/c1-28-13-14-35-26(17-28)18-30(19-26)22-15-24(33)31(20-27-22)16-25(34)9-11-29(12-10-25)23(32)8-7-21-5-3-2-4-6-21/h2-6,15,20,34H,7-14,16-19H2,1H3. The Hall–Kier alpha value is -2.75. The van der Waals surface area contributed by atoms with E-state index in [1.807, 2.05) is 35.2 Å². The summed E-state index contributed by atoms with van der Waals surface area (Å²) >= 11 is 0. The van der Waals surface area contributed by atoms with Crippen molar-refractivity contribution in [1.82, 2.24) is 19.4 Å². The summed E-state index contributed by atoms with van der Waals surface area (Å²) < 4.78 is 7.48. The van der Waals surface area contributed by atoms with Gasteiger partial charge in [0.25, 0.3) is 5.56 Å². The van der Waals surface area contributed by atoms with Crippen LogP contribution in [0.4, 0.5) is 5.82 Å². The van der Waals surface area contributed by atoms with Crippen molar-refractivity contribution < 1.29 is 14.6 Å². The van der Waals surface area contributed by atoms with Crippen LogP contribution in [-0.4, -0.2) is 94.5 Å². The summed E-state index contributed by atoms with van der Waals surface area (Å²) in [5.41, 5.74) is -0.209. The van der Waals surface area contributed by atoms with Gasteiger partial charge in [-0.05, 0) is 31.9 Å². The molecule has 35 heavy (non-hydrogen) atoms. The number of rotatable bonds is 6. The molecule has 4 heterocycles. The first kappa shape index (κ1) is 24.0. The largest absolute Gasteiger partial charge is 0.388 e. The molecule has 1 aromatic carbocycles. The van der Waals surface area contributed by atoms with Crippen LogP contribution >= 0.6 is 0 Å². The average molecular weight is 482 g/mol. The Morgan fingerprint density at radius 2 is 1.86 bits per heavy atom. The van der Waals surface area contributed by atoms with E-state index < -0.39 is 5.60 Å². The molecule has 5 rings (SSSR count). The second-order valence-electron chi connectivity index (χ2n) is 10.4. The normalized spacial score (nSPS) is 21.7. The Balaban J connectivity index is 1.12. The number of aliphatic hydroxyl groups is 1. The van der Waals surface area contributed by atoms with Crippen LogP contribution in [0, 0.1) is 0 Å². The number of amides is 1. The quantitative estimate of drug-likeness (QED) is 0.651. The van der Waals surface area contributed by atoms with Gasteiger partial charge in [-0.3, -0.25) is 14.2 Å². The highest BCUT2D eigenvalue weighted by Crippen LogP contribution is 2.31. The van der Waals surface area contributed by atoms with Crippen LogP contribution in [0.2, 0.25) is 0 Å². The fraction of sp³-hybridized carbons (Fsp3) is 0.577. The second kappa shape index (κ2) is 9.72. The highest BCUT2D eigenvalue weighted by Gasteiger charge is 2.47. The Labute approximate surface area is 205 Å². The van der Waals surface area contributed by atoms with Gasteiger partial charge in [0, 0.05) is 38.7 Å². The molecular formula is C26H35N5O4. The first-order valence-corrected chi connectivity index (χ1v) is 12.5. The number of nitrogens with zero attached hydrogens (tertiary/aromatic N) is 5. The van der Waals surface area contributed by atoms with Crippen LogP contribution in [-0.2, 0) is 22.5 Å². The van der Waals surface area contributed by atoms with Crippen molar-refractivity contribution in [1.29, 1.82) is 0 Å². The van der Waals surface area contributed by atoms with Gasteiger partial charge in [0.2, 0.25) is 5.91 Å². The Kier molecular flexibility index (Phi) is 6.65. The van der Waals surface area contributed by atoms with Gasteiger partial charge in [-0.1, -0.05) is 30.3 Å². The topological polar surface area (TPSA) is 91.1 Å². The highest BCUT2D eigenvalue weighted by atomic mass is 16.5. The van der Waals surface area contributed by atoms with Crippen LogP contribution in [0.5, 0.6) is 0 Å². The molecule has 188 valence electrons. The van der Waals surface area contributed by atoms with Crippen LogP contribution in [0.1, 0.15) is 24.8 Å². The summed E-state index contributed by atoms with van der Waals surface area (Å²) in [5.74, 6) is 0.763. The maximum atomic E-state index is 12.8. The molecule has 3 fully saturated rings. The first-order valence-electron chi connectivity index (χ1n) is 12.5. The third-order valence-corrected chi connectivity index (χ3v) is 7.57. The Morgan fingerprint density at radius 1 is 1.11 bits per heavy atom. The number of carbonyl (C=O) groups is 1. The minimum Gasteiger partial charge on any atom is -0.388 e. The lowest BCUT2D eigenvalue weighted by Crippen LogP contribution is -2.70. The molecular weight excluding hydrogens is 446 g/mol. The zero-order chi connectivity index (χ0) is 24.5. The number of aryl methyl sites for hydroxylation is 1. The first-order chi connectivity index (χ1) is 16.8. The molecule has 0 atom stereocenters. The zero-order valence-electron chi connectivity index (χ0n) is 20.4. The predicted octanol–water partition coefficient (Wildman–Crippen LogP) is 0.750. The van der Waals surface area contributed by atoms with Crippen LogP contribution in [0.25, 0.3) is 0 Å². The number of anilines is 1. The van der Waals surface area contributed by atoms with Crippen molar-refractivity contribution in [2.24, 2.45) is 0 Å². The average Bonchev–Trinajstić information content (AvgIpc) is 2.83. The van der Waals surface area contributed by atoms with Crippen LogP contribution in [0.3, 0.4) is 0 Å². The van der Waals surface area contributed by atoms with Crippen molar-refractivity contribution in [3.63, 3.8) is 0 Å². The molecule has 0 aliphatic carbocycles. The molecule has 0 saturated carbocycles. The molecule has 1 aromatic heterocycles. The van der Waals surface area contributed by atoms with Gasteiger partial charge in [-0.25, -0.2) is 4.98 Å². The monoisotopic (exact) mass is 481 g/mol. The van der Waals surface area contributed by atoms with E-state index in [9.17, 15) is 14.7 Å². The minimum absolute atomic E-state index is 0.111. The minimum atomic E-state index is -1.02. The van der Waals surface area contributed by atoms with E-state index in [0.717, 1.165) is 44.8 Å². The molecule has 0 bridgehead atoms. The van der Waals surface area contributed by atoms with Crippen molar-refractivity contribution in [2.75, 3.05) is 57.8 Å². The molecule has 3 aliphatic rings. The molecule has 1 spiro atoms. The lowest BCUT2D eigenvalue weighted by Gasteiger charge is -2.53. The molecule has 3 aliphatic heterocycles. The van der Waals surface area contributed by atoms with Crippen LogP contribution < -0.4 is 10.5 Å². The Bertz CT molecular complexity index is 1090. The molecule has 1 amide bonds. The number of morpholine rings is 1. The van der Waals surface area contributed by atoms with Gasteiger partial charge in [-0.15, -0.1) is 0 Å². The summed E-state index contributed by atoms with van der Waals surface area (Å²) in [7, 11) is 2.10. The summed E-state index contributed by atoms with van der Waals surface area (Å²) in [5, 5.41) is 11.1. The lowest BCUT2D eigenvalue weighted by atomic mass is 9.91. The molecule has 9 heteroatoms. The third-order valence-electron chi connectivity index (χ3n) is 7.57. The summed E-state index contributed by atoms with van der Waals surface area (Å²) in [6.07, 6.45) is 3.60. The maximum absolute atomic E-state index is 12.8. The van der Waals surface area contributed by atoms with Gasteiger partial charge in [0.15, 0.2) is 0 Å². The van der Waals surface area contributed by atoms with Gasteiger partial charge >= 0.3 is 0 Å². The third kappa shape index (κ3) is 5.42. The highest BCUT2D eigenvalue weighted by molar-refractivity contribution is 5.76. The summed E-state index contributed by atoms with van der Waals surface area (Å²) in [4.78, 5) is 36.1. The number of ether oxygens (including phenoxy) is 1. The van der Waals surface area contributed by atoms with E-state index in [4.69, 9.17) is 4.74 Å². The van der Waals surface area contributed by atoms with Crippen LogP contribution in [0.15, 0.2) is 47.5 Å². The van der Waals surface area contributed by atoms with E-state index in [2.05, 4.69) is 21.8 Å². The van der Waals surface area contributed by atoms with E-state index in [1.165, 1.54) is 10.9 Å². The SMILES string of the molecule is CN1CCOC2(C1)CN(c1cc(=O)n(CC3(O)CCN(C(=O)CCc4ccccc4)CC3)cn1)C2. The molecule has 2 aromatic rings. The maximum Gasteiger partial charge on any atom is 0.255 e. The molecule has 0 unspecified atom stereocenters. The Morgan fingerprint density at radius 3 is 2.54 bits per heavy atom. The fourth-order valence-corrected chi connectivity index (χ4v) is 5.45. The molecule has 1 N–H and O–H groups in total. The zero-order valence-corrected chi connectivity index (χ0v) is 20.4. The summed E-state index contributed by atoms with van der Waals surface area (Å²) in [6, 6.07) is 11.5. The smallest absolute Gasteiger partial charge is 0.255 e. The van der Waals surface area contributed by atoms with Crippen molar-refractivity contribution in [3.8, 4) is 0 Å². The fourth-order valence-electron chi connectivity index (χ4n) is 5.45. The van der Waals surface area contributed by atoms with E-state index >= 15 is 0 Å². The number of benzene rings is 1. The number of carbonyl (C=O) groups excluding carboxylic acids is 1. The number of likely N-dealkylation sites (tertiary alicyclic amines) is 1. The molecule has 3 saturated heterocycles. The molecule has 9 nitrogen and oxygen atoms in total. The van der Waals surface area contributed by atoms with Gasteiger partial charge in [0.05, 0.1) is 38.2 Å². The van der Waals surface area contributed by atoms with E-state index in [0.29, 0.717) is 38.2 Å². The van der Waals surface area contributed by atoms with Crippen molar-refractivity contribution in [3.05, 3.63) is 58.6 Å². The van der Waals surface area contributed by atoms with Gasteiger partial charge in [-0.2, -0.15) is 0 Å². The predicted molar refractivity (Wildman–Crippen MR) is 132 cm³/mol. The van der Waals surface area contributed by atoms with Gasteiger partial charge < -0.3 is 24.5 Å². The summed E-state index contributed by atoms with van der Waals surface area (Å²) in [6.45, 7) is 5.19. The number of hydrogen-bond donors (Lipinski definition) is 1. The number of piperidine rings is 1. The second-order valence-corrected chi connectivity index (χ2v) is 10.4. The number of hydrogen-bond acceptors (Lipinski definition) is 7. The van der Waals surface area contributed by atoms with E-state index in [1.54, 1.807) is 6.07 Å². The van der Waals surface area contributed by atoms with E-state index in [-0.39, 0.29) is 23.6 Å². The number of likely N-dealkylation sites (N-methyl/N-ethyl adjacent to an activating group) is 1.